The number of likely N-dealkylation sites (tertiary alicyclic amines) is 1. The second kappa shape index (κ2) is 12.6. The molecule has 1 aliphatic carbocycles. The van der Waals surface area contributed by atoms with Crippen molar-refractivity contribution in [1.29, 1.82) is 0 Å². The molecule has 1 aliphatic heterocycles. The molecule has 2 aliphatic rings. The van der Waals surface area contributed by atoms with Crippen molar-refractivity contribution in [3.8, 4) is 0 Å². The number of nitrogens with zero attached hydrogens (tertiary/aromatic N) is 1. The van der Waals surface area contributed by atoms with Crippen LogP contribution in [0.25, 0.3) is 0 Å². The summed E-state index contributed by atoms with van der Waals surface area (Å²) in [5, 5.41) is 0.357. The van der Waals surface area contributed by atoms with Crippen molar-refractivity contribution in [3.05, 3.63) is 112 Å². The lowest BCUT2D eigenvalue weighted by Crippen LogP contribution is -2.57. The van der Waals surface area contributed by atoms with Gasteiger partial charge < -0.3 is 4.90 Å². The number of carbonyl (C=O) groups excluding carboxylic acids is 1. The van der Waals surface area contributed by atoms with Gasteiger partial charge >= 0.3 is 0 Å². The maximum absolute atomic E-state index is 14.7. The molecule has 1 amide bonds. The average molecular weight is 644 g/mol. The van der Waals surface area contributed by atoms with E-state index in [1.54, 1.807) is 13.0 Å². The Kier molecular flexibility index (Phi) is 9.26. The zero-order valence-corrected chi connectivity index (χ0v) is 26.7. The van der Waals surface area contributed by atoms with Gasteiger partial charge in [0.2, 0.25) is 15.9 Å². The number of allylic oxidation sites excluding steroid dienone is 1. The van der Waals surface area contributed by atoms with Crippen LogP contribution in [0.3, 0.4) is 0 Å². The summed E-state index contributed by atoms with van der Waals surface area (Å²) < 4.78 is 43.4. The molecule has 0 bridgehead atoms. The Labute approximate surface area is 264 Å². The SMILES string of the molecule is C=CC[C@@]1(C)C[C@H](c2cccc(Cl)c2)[C@@H](c2ccc(Cl)cc2)N([C@@H](CC(C)S(=O)(=O)Nc2cccc(F)c2)C2CC2)C1=O. The minimum atomic E-state index is -3.89. The van der Waals surface area contributed by atoms with E-state index in [0.29, 0.717) is 22.9 Å². The average Bonchev–Trinajstić information content (AvgIpc) is 3.79. The third kappa shape index (κ3) is 6.95. The van der Waals surface area contributed by atoms with Crippen LogP contribution in [-0.4, -0.2) is 30.5 Å². The number of hydrogen-bond acceptors (Lipinski definition) is 3. The summed E-state index contributed by atoms with van der Waals surface area (Å²) in [7, 11) is -3.89. The predicted molar refractivity (Wildman–Crippen MR) is 172 cm³/mol. The van der Waals surface area contributed by atoms with Crippen LogP contribution >= 0.6 is 23.2 Å². The van der Waals surface area contributed by atoms with Gasteiger partial charge in [-0.05, 0) is 98.5 Å². The fourth-order valence-corrected chi connectivity index (χ4v) is 7.98. The first-order valence-corrected chi connectivity index (χ1v) is 16.9. The Hall–Kier alpha value is -2.87. The predicted octanol–water partition coefficient (Wildman–Crippen LogP) is 8.77. The number of sulfonamides is 1. The fraction of sp³-hybridized carbons (Fsp3) is 0.382. The molecule has 3 aromatic carbocycles. The molecule has 9 heteroatoms. The Morgan fingerprint density at radius 1 is 1.05 bits per heavy atom. The molecule has 5 nitrogen and oxygen atoms in total. The molecule has 228 valence electrons. The standard InChI is InChI=1S/C34H37Cl2FN2O3S/c1-4-17-34(3)21-30(25-7-5-8-27(36)19-25)32(24-13-15-26(35)16-14-24)39(33(34)40)31(23-11-12-23)18-22(2)43(41,42)38-29-10-6-9-28(37)20-29/h4-10,13-16,19-20,22-23,30-32,38H,1,11-12,17-18,21H2,2-3H3/t22?,30-,31+,32-,34+/m1/s1. The zero-order chi connectivity index (χ0) is 30.9. The molecule has 0 radical (unpaired) electrons. The van der Waals surface area contributed by atoms with Crippen molar-refractivity contribution >= 4 is 44.8 Å². The summed E-state index contributed by atoms with van der Waals surface area (Å²) in [6.45, 7) is 7.59. The highest BCUT2D eigenvalue weighted by Crippen LogP contribution is 2.54. The Morgan fingerprint density at radius 3 is 2.37 bits per heavy atom. The van der Waals surface area contributed by atoms with Gasteiger partial charge in [-0.25, -0.2) is 12.8 Å². The molecule has 0 aromatic heterocycles. The largest absolute Gasteiger partial charge is 0.331 e. The van der Waals surface area contributed by atoms with Crippen LogP contribution in [0.15, 0.2) is 85.5 Å². The second-order valence-corrected chi connectivity index (χ2v) is 15.2. The van der Waals surface area contributed by atoms with E-state index in [1.807, 2.05) is 60.4 Å². The number of hydrogen-bond donors (Lipinski definition) is 1. The molecule has 5 atom stereocenters. The topological polar surface area (TPSA) is 66.5 Å². The van der Waals surface area contributed by atoms with Crippen molar-refractivity contribution in [2.24, 2.45) is 11.3 Å². The first-order valence-electron chi connectivity index (χ1n) is 14.6. The molecule has 3 aromatic rings. The summed E-state index contributed by atoms with van der Waals surface area (Å²) >= 11 is 12.8. The number of benzene rings is 3. The maximum atomic E-state index is 14.7. The van der Waals surface area contributed by atoms with Crippen LogP contribution in [0, 0.1) is 17.2 Å². The molecule has 2 fully saturated rings. The molecule has 1 heterocycles. The first kappa shape index (κ1) is 31.6. The van der Waals surface area contributed by atoms with Crippen molar-refractivity contribution < 1.29 is 17.6 Å². The Bertz CT molecular complexity index is 1600. The van der Waals surface area contributed by atoms with E-state index in [4.69, 9.17) is 23.2 Å². The summed E-state index contributed by atoms with van der Waals surface area (Å²) in [6.07, 6.45) is 4.90. The Balaban J connectivity index is 1.59. The molecule has 43 heavy (non-hydrogen) atoms. The van der Waals surface area contributed by atoms with Crippen LogP contribution in [-0.2, 0) is 14.8 Å². The van der Waals surface area contributed by atoms with E-state index in [2.05, 4.69) is 11.3 Å². The lowest BCUT2D eigenvalue weighted by atomic mass is 9.66. The van der Waals surface area contributed by atoms with Crippen molar-refractivity contribution in [1.82, 2.24) is 4.90 Å². The van der Waals surface area contributed by atoms with Crippen LogP contribution < -0.4 is 4.72 Å². The molecule has 1 unspecified atom stereocenters. The number of piperidine rings is 1. The molecule has 0 spiro atoms. The zero-order valence-electron chi connectivity index (χ0n) is 24.3. The number of rotatable bonds is 11. The van der Waals surface area contributed by atoms with Gasteiger partial charge in [0.15, 0.2) is 0 Å². The highest BCUT2D eigenvalue weighted by atomic mass is 35.5. The minimum absolute atomic E-state index is 0.00906. The maximum Gasteiger partial charge on any atom is 0.235 e. The fourth-order valence-electron chi connectivity index (χ4n) is 6.55. The van der Waals surface area contributed by atoms with E-state index in [1.165, 1.54) is 18.2 Å². The normalized spacial score (nSPS) is 23.9. The third-order valence-corrected chi connectivity index (χ3v) is 11.2. The van der Waals surface area contributed by atoms with Crippen molar-refractivity contribution in [3.63, 3.8) is 0 Å². The van der Waals surface area contributed by atoms with Gasteiger partial charge in [0.25, 0.3) is 0 Å². The van der Waals surface area contributed by atoms with Gasteiger partial charge in [-0.2, -0.15) is 0 Å². The second-order valence-electron chi connectivity index (χ2n) is 12.2. The molecule has 5 rings (SSSR count). The highest BCUT2D eigenvalue weighted by Gasteiger charge is 2.53. The van der Waals surface area contributed by atoms with Gasteiger partial charge in [-0.3, -0.25) is 9.52 Å². The van der Waals surface area contributed by atoms with Crippen LogP contribution in [0.4, 0.5) is 10.1 Å². The number of anilines is 1. The number of halogens is 3. The monoisotopic (exact) mass is 642 g/mol. The van der Waals surface area contributed by atoms with Crippen LogP contribution in [0.1, 0.15) is 69.0 Å². The smallest absolute Gasteiger partial charge is 0.235 e. The minimum Gasteiger partial charge on any atom is -0.331 e. The van der Waals surface area contributed by atoms with E-state index in [-0.39, 0.29) is 41.9 Å². The summed E-state index contributed by atoms with van der Waals surface area (Å²) in [5.41, 5.74) is 1.38. The quantitative estimate of drug-likeness (QED) is 0.213. The third-order valence-electron chi connectivity index (χ3n) is 8.90. The first-order chi connectivity index (χ1) is 20.4. The summed E-state index contributed by atoms with van der Waals surface area (Å²) in [6, 6.07) is 20.0. The van der Waals surface area contributed by atoms with Crippen LogP contribution in [0.2, 0.25) is 10.0 Å². The summed E-state index contributed by atoms with van der Waals surface area (Å²) in [4.78, 5) is 16.7. The molecule has 1 saturated heterocycles. The number of amides is 1. The van der Waals surface area contributed by atoms with E-state index in [0.717, 1.165) is 30.0 Å². The van der Waals surface area contributed by atoms with E-state index in [9.17, 15) is 17.6 Å². The number of carbonyl (C=O) groups is 1. The van der Waals surface area contributed by atoms with E-state index >= 15 is 0 Å². The van der Waals surface area contributed by atoms with Gasteiger partial charge in [-0.15, -0.1) is 6.58 Å². The molecular formula is C34H37Cl2FN2O3S. The highest BCUT2D eigenvalue weighted by molar-refractivity contribution is 7.93. The van der Waals surface area contributed by atoms with Crippen molar-refractivity contribution in [2.45, 2.75) is 69.2 Å². The van der Waals surface area contributed by atoms with Gasteiger partial charge in [0, 0.05) is 22.0 Å². The van der Waals surface area contributed by atoms with Gasteiger partial charge in [0.05, 0.1) is 22.4 Å². The van der Waals surface area contributed by atoms with Gasteiger partial charge in [-0.1, -0.05) is 66.5 Å². The lowest BCUT2D eigenvalue weighted by molar-refractivity contribution is -0.155. The lowest BCUT2D eigenvalue weighted by Gasteiger charge is -2.52. The Morgan fingerprint density at radius 2 is 1.74 bits per heavy atom. The molecular weight excluding hydrogens is 606 g/mol. The van der Waals surface area contributed by atoms with Crippen molar-refractivity contribution in [2.75, 3.05) is 4.72 Å². The molecule has 1 N–H and O–H groups in total. The van der Waals surface area contributed by atoms with E-state index < -0.39 is 26.5 Å². The summed E-state index contributed by atoms with van der Waals surface area (Å²) in [5.74, 6) is -0.482. The van der Waals surface area contributed by atoms with Crippen LogP contribution in [0.5, 0.6) is 0 Å². The van der Waals surface area contributed by atoms with Gasteiger partial charge in [0.1, 0.15) is 5.82 Å². The molecule has 1 saturated carbocycles. The number of nitrogens with one attached hydrogen (secondary N) is 1.